The van der Waals surface area contributed by atoms with Crippen LogP contribution in [0.1, 0.15) is 139 Å². The summed E-state index contributed by atoms with van der Waals surface area (Å²) in [5.41, 5.74) is 0.670. The minimum absolute atomic E-state index is 0.00948. The third-order valence-electron chi connectivity index (χ3n) is 9.45. The van der Waals surface area contributed by atoms with Crippen LogP contribution in [0.3, 0.4) is 0 Å². The van der Waals surface area contributed by atoms with E-state index >= 15 is 0 Å². The van der Waals surface area contributed by atoms with Crippen LogP contribution < -0.4 is 0 Å². The van der Waals surface area contributed by atoms with Crippen molar-refractivity contribution in [2.45, 2.75) is 157 Å². The molecule has 0 aromatic carbocycles. The summed E-state index contributed by atoms with van der Waals surface area (Å²) >= 11 is 0. The van der Waals surface area contributed by atoms with Gasteiger partial charge in [-0.05, 0) is 75.0 Å². The summed E-state index contributed by atoms with van der Waals surface area (Å²) in [4.78, 5) is 0. The van der Waals surface area contributed by atoms with Crippen molar-refractivity contribution in [3.8, 4) is 0 Å². The van der Waals surface area contributed by atoms with E-state index < -0.39 is 0 Å². The minimum atomic E-state index is -0.0608. The van der Waals surface area contributed by atoms with Crippen LogP contribution in [0.25, 0.3) is 0 Å². The van der Waals surface area contributed by atoms with E-state index in [-0.39, 0.29) is 17.3 Å². The van der Waals surface area contributed by atoms with Crippen molar-refractivity contribution in [2.75, 3.05) is 0 Å². The molecule has 0 radical (unpaired) electrons. The van der Waals surface area contributed by atoms with E-state index in [1.54, 1.807) is 0 Å². The standard InChI is InChI=1S/C28H54O2/c1-9-14-15-16-19-26(6)20-17-18-22-23(21-26)24(27(7,10-2)11-3)29-25(22)30-28(8,12-4)13-5/h22-25H,9-21H2,1-8H3. The Kier molecular flexibility index (Phi) is 9.75. The molecule has 2 heteroatoms. The van der Waals surface area contributed by atoms with E-state index in [4.69, 9.17) is 9.47 Å². The monoisotopic (exact) mass is 422 g/mol. The Morgan fingerprint density at radius 1 is 0.900 bits per heavy atom. The first-order valence-corrected chi connectivity index (χ1v) is 13.5. The van der Waals surface area contributed by atoms with Gasteiger partial charge in [-0.25, -0.2) is 0 Å². The van der Waals surface area contributed by atoms with Crippen molar-refractivity contribution < 1.29 is 9.47 Å². The van der Waals surface area contributed by atoms with E-state index in [1.165, 1.54) is 70.6 Å². The first-order chi connectivity index (χ1) is 14.2. The molecule has 5 unspecified atom stereocenters. The molecule has 30 heavy (non-hydrogen) atoms. The summed E-state index contributed by atoms with van der Waals surface area (Å²) < 4.78 is 13.7. The van der Waals surface area contributed by atoms with Crippen LogP contribution in [0.15, 0.2) is 0 Å². The summed E-state index contributed by atoms with van der Waals surface area (Å²) in [6.07, 6.45) is 17.1. The van der Waals surface area contributed by atoms with Crippen molar-refractivity contribution >= 4 is 0 Å². The predicted molar refractivity (Wildman–Crippen MR) is 130 cm³/mol. The van der Waals surface area contributed by atoms with Gasteiger partial charge in [-0.3, -0.25) is 0 Å². The van der Waals surface area contributed by atoms with Gasteiger partial charge in [0.2, 0.25) is 0 Å². The Balaban J connectivity index is 2.25. The summed E-state index contributed by atoms with van der Waals surface area (Å²) in [6, 6.07) is 0. The normalized spacial score (nSPS) is 32.8. The lowest BCUT2D eigenvalue weighted by atomic mass is 9.66. The van der Waals surface area contributed by atoms with Crippen molar-refractivity contribution in [3.63, 3.8) is 0 Å². The number of unbranched alkanes of at least 4 members (excludes halogenated alkanes) is 3. The largest absolute Gasteiger partial charge is 0.348 e. The molecular formula is C28H54O2. The van der Waals surface area contributed by atoms with E-state index in [2.05, 4.69) is 55.4 Å². The van der Waals surface area contributed by atoms with Gasteiger partial charge in [-0.1, -0.05) is 80.6 Å². The molecule has 0 aromatic rings. The number of hydrogen-bond acceptors (Lipinski definition) is 2. The van der Waals surface area contributed by atoms with Gasteiger partial charge in [0.05, 0.1) is 11.7 Å². The molecule has 0 bridgehead atoms. The van der Waals surface area contributed by atoms with Gasteiger partial charge in [0, 0.05) is 5.92 Å². The highest BCUT2D eigenvalue weighted by molar-refractivity contribution is 5.00. The Labute approximate surface area is 189 Å². The summed E-state index contributed by atoms with van der Waals surface area (Å²) in [6.45, 7) is 18.9. The molecule has 0 N–H and O–H groups in total. The summed E-state index contributed by atoms with van der Waals surface area (Å²) in [5, 5.41) is 0. The zero-order valence-electron chi connectivity index (χ0n) is 21.8. The lowest BCUT2D eigenvalue weighted by Crippen LogP contribution is -2.38. The third-order valence-corrected chi connectivity index (χ3v) is 9.45. The van der Waals surface area contributed by atoms with Crippen molar-refractivity contribution in [1.82, 2.24) is 0 Å². The number of rotatable bonds is 12. The molecule has 0 spiro atoms. The third kappa shape index (κ3) is 6.03. The smallest absolute Gasteiger partial charge is 0.161 e. The Bertz CT molecular complexity index is 493. The molecule has 1 heterocycles. The van der Waals surface area contributed by atoms with Crippen molar-refractivity contribution in [3.05, 3.63) is 0 Å². The molecular weight excluding hydrogens is 368 g/mol. The summed E-state index contributed by atoms with van der Waals surface area (Å²) in [7, 11) is 0. The second kappa shape index (κ2) is 11.2. The highest BCUT2D eigenvalue weighted by Gasteiger charge is 2.54. The average Bonchev–Trinajstić information content (AvgIpc) is 2.96. The topological polar surface area (TPSA) is 18.5 Å². The van der Waals surface area contributed by atoms with Crippen molar-refractivity contribution in [1.29, 1.82) is 0 Å². The highest BCUT2D eigenvalue weighted by Crippen LogP contribution is 2.55. The second-order valence-electron chi connectivity index (χ2n) is 11.6. The fraction of sp³-hybridized carbons (Fsp3) is 1.00. The zero-order chi connectivity index (χ0) is 22.4. The van der Waals surface area contributed by atoms with Gasteiger partial charge < -0.3 is 9.47 Å². The van der Waals surface area contributed by atoms with Crippen LogP contribution in [-0.4, -0.2) is 18.0 Å². The minimum Gasteiger partial charge on any atom is -0.348 e. The number of hydrogen-bond donors (Lipinski definition) is 0. The van der Waals surface area contributed by atoms with Gasteiger partial charge in [-0.2, -0.15) is 0 Å². The van der Waals surface area contributed by atoms with Crippen LogP contribution in [0, 0.1) is 22.7 Å². The first-order valence-electron chi connectivity index (χ1n) is 13.5. The molecule has 1 saturated carbocycles. The van der Waals surface area contributed by atoms with Gasteiger partial charge in [0.1, 0.15) is 0 Å². The van der Waals surface area contributed by atoms with Gasteiger partial charge in [-0.15, -0.1) is 0 Å². The maximum atomic E-state index is 6.92. The van der Waals surface area contributed by atoms with Gasteiger partial charge >= 0.3 is 0 Å². The van der Waals surface area contributed by atoms with Crippen LogP contribution in [-0.2, 0) is 9.47 Å². The first kappa shape index (κ1) is 26.2. The van der Waals surface area contributed by atoms with Crippen LogP contribution in [0.4, 0.5) is 0 Å². The Morgan fingerprint density at radius 2 is 1.57 bits per heavy atom. The predicted octanol–water partition coefficient (Wildman–Crippen LogP) is 8.92. The molecule has 0 amide bonds. The summed E-state index contributed by atoms with van der Waals surface area (Å²) in [5.74, 6) is 1.22. The second-order valence-corrected chi connectivity index (χ2v) is 11.6. The molecule has 1 saturated heterocycles. The van der Waals surface area contributed by atoms with E-state index in [9.17, 15) is 0 Å². The molecule has 5 atom stereocenters. The van der Waals surface area contributed by atoms with Crippen LogP contribution >= 0.6 is 0 Å². The maximum Gasteiger partial charge on any atom is 0.161 e. The molecule has 2 aliphatic rings. The molecule has 2 nitrogen and oxygen atoms in total. The van der Waals surface area contributed by atoms with Crippen molar-refractivity contribution in [2.24, 2.45) is 22.7 Å². The highest BCUT2D eigenvalue weighted by atomic mass is 16.7. The number of fused-ring (bicyclic) bond motifs is 1. The van der Waals surface area contributed by atoms with E-state index in [0.29, 0.717) is 23.4 Å². The van der Waals surface area contributed by atoms with Gasteiger partial charge in [0.15, 0.2) is 6.29 Å². The fourth-order valence-electron chi connectivity index (χ4n) is 6.17. The van der Waals surface area contributed by atoms with E-state index in [0.717, 1.165) is 12.8 Å². The van der Waals surface area contributed by atoms with Crippen LogP contribution in [0.2, 0.25) is 0 Å². The SMILES string of the molecule is CCCCCCC1(C)CCCC2C(OC(C)(CC)CC)OC(C(C)(CC)CC)C2C1. The lowest BCUT2D eigenvalue weighted by Gasteiger charge is -2.40. The fourth-order valence-corrected chi connectivity index (χ4v) is 6.17. The molecule has 2 fully saturated rings. The van der Waals surface area contributed by atoms with Crippen LogP contribution in [0.5, 0.6) is 0 Å². The molecule has 2 rings (SSSR count). The molecule has 1 aliphatic heterocycles. The maximum absolute atomic E-state index is 6.92. The average molecular weight is 423 g/mol. The molecule has 0 aromatic heterocycles. The molecule has 178 valence electrons. The number of ether oxygens (including phenoxy) is 2. The van der Waals surface area contributed by atoms with Gasteiger partial charge in [0.25, 0.3) is 0 Å². The molecule has 1 aliphatic carbocycles. The Morgan fingerprint density at radius 3 is 2.13 bits per heavy atom. The lowest BCUT2D eigenvalue weighted by molar-refractivity contribution is -0.225. The quantitative estimate of drug-likeness (QED) is 0.292. The zero-order valence-corrected chi connectivity index (χ0v) is 21.8. The van der Waals surface area contributed by atoms with E-state index in [1.807, 2.05) is 0 Å². The Hall–Kier alpha value is -0.0800.